The summed E-state index contributed by atoms with van der Waals surface area (Å²) in [5.74, 6) is 1.20. The number of hydrogen-bond acceptors (Lipinski definition) is 7. The molecule has 1 saturated carbocycles. The quantitative estimate of drug-likeness (QED) is 0.599. The smallest absolute Gasteiger partial charge is 0.223 e. The first-order valence-corrected chi connectivity index (χ1v) is 9.41. The van der Waals surface area contributed by atoms with E-state index in [-0.39, 0.29) is 12.1 Å². The predicted molar refractivity (Wildman–Crippen MR) is 104 cm³/mol. The Morgan fingerprint density at radius 3 is 2.73 bits per heavy atom. The van der Waals surface area contributed by atoms with E-state index >= 15 is 0 Å². The highest BCUT2D eigenvalue weighted by atomic mass is 79.9. The molecule has 134 valence electrons. The molecule has 3 N–H and O–H groups in total. The number of aromatic nitrogens is 4. The van der Waals surface area contributed by atoms with Crippen LogP contribution in [0.25, 0.3) is 11.0 Å². The molecule has 1 fully saturated rings. The first kappa shape index (κ1) is 17.1. The minimum atomic E-state index is -0.181. The van der Waals surface area contributed by atoms with Crippen LogP contribution in [0.4, 0.5) is 17.5 Å². The van der Waals surface area contributed by atoms with Gasteiger partial charge in [-0.2, -0.15) is 0 Å². The minimum absolute atomic E-state index is 0.181. The molecular formula is C18H19BrN6O. The minimum Gasteiger partial charge on any atom is -0.393 e. The van der Waals surface area contributed by atoms with Crippen molar-refractivity contribution in [3.8, 4) is 0 Å². The van der Waals surface area contributed by atoms with E-state index in [1.165, 1.54) is 6.33 Å². The zero-order valence-corrected chi connectivity index (χ0v) is 15.6. The summed E-state index contributed by atoms with van der Waals surface area (Å²) in [7, 11) is 0. The Labute approximate surface area is 159 Å². The van der Waals surface area contributed by atoms with Crippen LogP contribution >= 0.6 is 15.9 Å². The molecule has 2 heterocycles. The molecule has 0 bridgehead atoms. The fourth-order valence-electron chi connectivity index (χ4n) is 3.12. The maximum atomic E-state index is 9.64. The van der Waals surface area contributed by atoms with Gasteiger partial charge in [-0.3, -0.25) is 0 Å². The lowest BCUT2D eigenvalue weighted by Crippen LogP contribution is -2.28. The lowest BCUT2D eigenvalue weighted by Gasteiger charge is -2.26. The summed E-state index contributed by atoms with van der Waals surface area (Å²) in [6, 6.07) is 8.14. The normalized spacial score (nSPS) is 20.1. The summed E-state index contributed by atoms with van der Waals surface area (Å²) in [4.78, 5) is 17.6. The summed E-state index contributed by atoms with van der Waals surface area (Å²) < 4.78 is 0.984. The van der Waals surface area contributed by atoms with Crippen LogP contribution in [0.3, 0.4) is 0 Å². The van der Waals surface area contributed by atoms with Gasteiger partial charge in [0.1, 0.15) is 17.4 Å². The van der Waals surface area contributed by atoms with Gasteiger partial charge in [-0.05, 0) is 43.9 Å². The maximum Gasteiger partial charge on any atom is 0.223 e. The van der Waals surface area contributed by atoms with Crippen molar-refractivity contribution in [1.82, 2.24) is 19.9 Å². The van der Waals surface area contributed by atoms with Crippen molar-refractivity contribution in [2.75, 3.05) is 10.6 Å². The van der Waals surface area contributed by atoms with Crippen molar-refractivity contribution in [3.05, 3.63) is 41.3 Å². The van der Waals surface area contributed by atoms with Gasteiger partial charge in [-0.15, -0.1) is 0 Å². The van der Waals surface area contributed by atoms with Crippen LogP contribution in [0.15, 0.2) is 41.3 Å². The van der Waals surface area contributed by atoms with E-state index < -0.39 is 0 Å². The molecule has 2 aromatic heterocycles. The predicted octanol–water partition coefficient (Wildman–Crippen LogP) is 3.64. The van der Waals surface area contributed by atoms with Gasteiger partial charge in [-0.25, -0.2) is 19.9 Å². The zero-order valence-electron chi connectivity index (χ0n) is 14.1. The molecule has 1 aliphatic carbocycles. The molecule has 0 atom stereocenters. The highest BCUT2D eigenvalue weighted by Crippen LogP contribution is 2.25. The molecule has 26 heavy (non-hydrogen) atoms. The van der Waals surface area contributed by atoms with Gasteiger partial charge in [-0.1, -0.05) is 22.0 Å². The van der Waals surface area contributed by atoms with Crippen LogP contribution in [-0.4, -0.2) is 37.2 Å². The van der Waals surface area contributed by atoms with Crippen molar-refractivity contribution in [2.45, 2.75) is 37.8 Å². The number of nitrogens with zero attached hydrogens (tertiary/aromatic N) is 4. The van der Waals surface area contributed by atoms with E-state index in [2.05, 4.69) is 46.5 Å². The number of hydrogen-bond donors (Lipinski definition) is 3. The average Bonchev–Trinajstić information content (AvgIpc) is 2.64. The number of rotatable bonds is 4. The van der Waals surface area contributed by atoms with Crippen LogP contribution in [0.2, 0.25) is 0 Å². The van der Waals surface area contributed by atoms with Crippen molar-refractivity contribution in [3.63, 3.8) is 0 Å². The topological polar surface area (TPSA) is 95.9 Å². The third-order valence-electron chi connectivity index (χ3n) is 4.49. The maximum absolute atomic E-state index is 9.64. The third-order valence-corrected chi connectivity index (χ3v) is 4.99. The van der Waals surface area contributed by atoms with Crippen molar-refractivity contribution >= 4 is 44.4 Å². The zero-order chi connectivity index (χ0) is 17.9. The van der Waals surface area contributed by atoms with Crippen LogP contribution in [0, 0.1) is 0 Å². The second-order valence-electron chi connectivity index (χ2n) is 6.43. The fraction of sp³-hybridized carbons (Fsp3) is 0.333. The molecule has 0 spiro atoms. The van der Waals surface area contributed by atoms with E-state index in [0.717, 1.165) is 35.8 Å². The first-order chi connectivity index (χ1) is 12.7. The van der Waals surface area contributed by atoms with E-state index in [0.29, 0.717) is 22.8 Å². The van der Waals surface area contributed by atoms with E-state index in [9.17, 15) is 5.11 Å². The molecule has 0 aliphatic heterocycles. The SMILES string of the molecule is O[C@H]1CC[C@@H](Nc2ncc3ncnc(Nc4cccc(Br)c4)c3n2)CC1. The third kappa shape index (κ3) is 3.91. The van der Waals surface area contributed by atoms with Gasteiger partial charge in [0.15, 0.2) is 5.82 Å². The van der Waals surface area contributed by atoms with Gasteiger partial charge in [0, 0.05) is 16.2 Å². The summed E-state index contributed by atoms with van der Waals surface area (Å²) in [6.07, 6.45) is 6.47. The molecular weight excluding hydrogens is 396 g/mol. The number of aliphatic hydroxyl groups is 1. The number of fused-ring (bicyclic) bond motifs is 1. The highest BCUT2D eigenvalue weighted by Gasteiger charge is 2.20. The summed E-state index contributed by atoms with van der Waals surface area (Å²) in [5.41, 5.74) is 2.26. The lowest BCUT2D eigenvalue weighted by atomic mass is 9.93. The molecule has 0 amide bonds. The number of aliphatic hydroxyl groups excluding tert-OH is 1. The van der Waals surface area contributed by atoms with Crippen molar-refractivity contribution in [2.24, 2.45) is 0 Å². The van der Waals surface area contributed by atoms with Gasteiger partial charge >= 0.3 is 0 Å². The largest absolute Gasteiger partial charge is 0.393 e. The first-order valence-electron chi connectivity index (χ1n) is 8.62. The average molecular weight is 415 g/mol. The lowest BCUT2D eigenvalue weighted by molar-refractivity contribution is 0.126. The number of anilines is 3. The van der Waals surface area contributed by atoms with E-state index in [1.807, 2.05) is 24.3 Å². The Morgan fingerprint density at radius 1 is 1.08 bits per heavy atom. The molecule has 0 unspecified atom stereocenters. The van der Waals surface area contributed by atoms with E-state index in [1.54, 1.807) is 6.20 Å². The fourth-order valence-corrected chi connectivity index (χ4v) is 3.52. The monoisotopic (exact) mass is 414 g/mol. The molecule has 0 saturated heterocycles. The standard InChI is InChI=1S/C18H19BrN6O/c19-11-2-1-3-13(8-11)23-17-16-15(21-10-22-17)9-20-18(25-16)24-12-4-6-14(26)7-5-12/h1-3,8-10,12,14,26H,4-7H2,(H,20,24,25)(H,21,22,23)/t12-,14+. The van der Waals surface area contributed by atoms with Gasteiger partial charge in [0.05, 0.1) is 12.3 Å². The molecule has 1 aliphatic rings. The summed E-state index contributed by atoms with van der Waals surface area (Å²) in [5, 5.41) is 16.3. The number of halogens is 1. The van der Waals surface area contributed by atoms with Gasteiger partial charge < -0.3 is 15.7 Å². The van der Waals surface area contributed by atoms with Crippen molar-refractivity contribution in [1.29, 1.82) is 0 Å². The van der Waals surface area contributed by atoms with Crippen LogP contribution in [-0.2, 0) is 0 Å². The Bertz CT molecular complexity index is 913. The molecule has 0 radical (unpaired) electrons. The van der Waals surface area contributed by atoms with Gasteiger partial charge in [0.2, 0.25) is 5.95 Å². The van der Waals surface area contributed by atoms with Crippen LogP contribution in [0.5, 0.6) is 0 Å². The molecule has 4 rings (SSSR count). The Balaban J connectivity index is 1.60. The van der Waals surface area contributed by atoms with Crippen LogP contribution in [0.1, 0.15) is 25.7 Å². The second kappa shape index (κ2) is 7.51. The van der Waals surface area contributed by atoms with Crippen molar-refractivity contribution < 1.29 is 5.11 Å². The molecule has 3 aromatic rings. The second-order valence-corrected chi connectivity index (χ2v) is 7.35. The van der Waals surface area contributed by atoms with Gasteiger partial charge in [0.25, 0.3) is 0 Å². The number of benzene rings is 1. The Kier molecular flexibility index (Phi) is 4.94. The van der Waals surface area contributed by atoms with Crippen LogP contribution < -0.4 is 10.6 Å². The van der Waals surface area contributed by atoms with E-state index in [4.69, 9.17) is 0 Å². The Morgan fingerprint density at radius 2 is 1.92 bits per heavy atom. The molecule has 7 nitrogen and oxygen atoms in total. The summed E-state index contributed by atoms with van der Waals surface area (Å²) in [6.45, 7) is 0. The number of nitrogens with one attached hydrogen (secondary N) is 2. The molecule has 1 aromatic carbocycles. The summed E-state index contributed by atoms with van der Waals surface area (Å²) >= 11 is 3.47. The molecule has 8 heteroatoms. The highest BCUT2D eigenvalue weighted by molar-refractivity contribution is 9.10. The Hall–Kier alpha value is -2.32.